The van der Waals surface area contributed by atoms with Crippen LogP contribution in [0.15, 0.2) is 43.7 Å². The number of hydrogen-bond acceptors (Lipinski definition) is 2. The van der Waals surface area contributed by atoms with Crippen molar-refractivity contribution < 1.29 is 4.74 Å². The summed E-state index contributed by atoms with van der Waals surface area (Å²) < 4.78 is 8.07. The summed E-state index contributed by atoms with van der Waals surface area (Å²) in [7, 11) is 0. The molecule has 0 fully saturated rings. The lowest BCUT2D eigenvalue weighted by atomic mass is 10.2. The molecule has 2 nitrogen and oxygen atoms in total. The van der Waals surface area contributed by atoms with E-state index in [0.29, 0.717) is 17.3 Å². The molecule has 0 saturated carbocycles. The van der Waals surface area contributed by atoms with Crippen LogP contribution in [0.25, 0.3) is 0 Å². The molecule has 0 aliphatic carbocycles. The minimum absolute atomic E-state index is 0.228. The van der Waals surface area contributed by atoms with Crippen LogP contribution in [0.5, 0.6) is 5.75 Å². The average Bonchev–Trinajstić information content (AvgIpc) is 2.48. The molecule has 0 atom stereocenters. The van der Waals surface area contributed by atoms with Crippen molar-refractivity contribution in [1.82, 2.24) is 0 Å². The normalized spacial score (nSPS) is 10.1. The zero-order chi connectivity index (χ0) is 16.1. The van der Waals surface area contributed by atoms with Crippen LogP contribution in [0.3, 0.4) is 0 Å². The third-order valence-corrected chi connectivity index (χ3v) is 5.18. The zero-order valence-corrected chi connectivity index (χ0v) is 16.8. The Kier molecular flexibility index (Phi) is 6.64. The number of rotatable bonds is 5. The van der Waals surface area contributed by atoms with Gasteiger partial charge in [-0.05, 0) is 83.7 Å². The molecule has 0 aromatic heterocycles. The van der Waals surface area contributed by atoms with Gasteiger partial charge in [0, 0.05) is 16.7 Å². The summed E-state index contributed by atoms with van der Waals surface area (Å²) in [4.78, 5) is 0. The van der Waals surface area contributed by atoms with Crippen LogP contribution in [0.2, 0.25) is 5.02 Å². The molecule has 0 amide bonds. The van der Waals surface area contributed by atoms with Gasteiger partial charge in [-0.3, -0.25) is 0 Å². The summed E-state index contributed by atoms with van der Waals surface area (Å²) in [5.41, 5.74) is 2.04. The molecule has 114 valence electrons. The Labute approximate surface area is 160 Å². The molecular formula is C16H11Br3ClNO. The molecule has 0 aliphatic rings. The Morgan fingerprint density at radius 1 is 1.09 bits per heavy atom. The zero-order valence-electron chi connectivity index (χ0n) is 11.3. The van der Waals surface area contributed by atoms with Gasteiger partial charge in [-0.2, -0.15) is 0 Å². The molecule has 22 heavy (non-hydrogen) atoms. The molecule has 2 rings (SSSR count). The predicted molar refractivity (Wildman–Crippen MR) is 103 cm³/mol. The maximum atomic E-state index is 6.08. The van der Waals surface area contributed by atoms with Crippen molar-refractivity contribution in [3.8, 4) is 18.1 Å². The smallest absolute Gasteiger partial charge is 0.149 e. The Balaban J connectivity index is 2.10. The molecule has 0 spiro atoms. The second-order valence-corrected chi connectivity index (χ2v) is 7.33. The van der Waals surface area contributed by atoms with Gasteiger partial charge in [0.2, 0.25) is 0 Å². The Morgan fingerprint density at radius 2 is 1.77 bits per heavy atom. The van der Waals surface area contributed by atoms with E-state index in [4.69, 9.17) is 22.8 Å². The second-order valence-electron chi connectivity index (χ2n) is 4.36. The highest BCUT2D eigenvalue weighted by Gasteiger charge is 2.09. The van der Waals surface area contributed by atoms with Crippen LogP contribution < -0.4 is 10.1 Å². The number of ether oxygens (including phenoxy) is 1. The van der Waals surface area contributed by atoms with E-state index < -0.39 is 0 Å². The van der Waals surface area contributed by atoms with Gasteiger partial charge in [0.1, 0.15) is 12.4 Å². The van der Waals surface area contributed by atoms with E-state index in [-0.39, 0.29) is 6.61 Å². The van der Waals surface area contributed by atoms with Crippen molar-refractivity contribution in [3.05, 3.63) is 54.3 Å². The highest BCUT2D eigenvalue weighted by Crippen LogP contribution is 2.35. The Bertz CT molecular complexity index is 705. The van der Waals surface area contributed by atoms with Gasteiger partial charge in [0.05, 0.1) is 14.0 Å². The molecule has 0 unspecified atom stereocenters. The third kappa shape index (κ3) is 4.66. The van der Waals surface area contributed by atoms with Gasteiger partial charge in [0.15, 0.2) is 0 Å². The van der Waals surface area contributed by atoms with Crippen LogP contribution in [0, 0.1) is 12.3 Å². The lowest BCUT2D eigenvalue weighted by molar-refractivity contribution is 0.365. The highest BCUT2D eigenvalue weighted by molar-refractivity contribution is 9.11. The van der Waals surface area contributed by atoms with Crippen molar-refractivity contribution in [3.63, 3.8) is 0 Å². The number of terminal acetylenes is 1. The van der Waals surface area contributed by atoms with Crippen LogP contribution in [0.4, 0.5) is 5.69 Å². The molecule has 1 N–H and O–H groups in total. The van der Waals surface area contributed by atoms with Crippen LogP contribution in [0.1, 0.15) is 5.56 Å². The van der Waals surface area contributed by atoms with Crippen molar-refractivity contribution in [2.24, 2.45) is 0 Å². The summed E-state index contributed by atoms with van der Waals surface area (Å²) in [6.45, 7) is 0.886. The first-order valence-electron chi connectivity index (χ1n) is 6.24. The average molecular weight is 508 g/mol. The van der Waals surface area contributed by atoms with Gasteiger partial charge in [-0.1, -0.05) is 17.5 Å². The van der Waals surface area contributed by atoms with E-state index in [1.807, 2.05) is 30.3 Å². The molecule has 0 aliphatic heterocycles. The fourth-order valence-corrected chi connectivity index (χ4v) is 3.71. The van der Waals surface area contributed by atoms with Crippen LogP contribution in [-0.2, 0) is 6.54 Å². The van der Waals surface area contributed by atoms with Crippen molar-refractivity contribution in [2.45, 2.75) is 6.54 Å². The first-order chi connectivity index (χ1) is 10.5. The minimum atomic E-state index is 0.228. The molecule has 0 radical (unpaired) electrons. The van der Waals surface area contributed by atoms with E-state index in [2.05, 4.69) is 59.0 Å². The number of benzene rings is 2. The van der Waals surface area contributed by atoms with Gasteiger partial charge in [-0.15, -0.1) is 6.42 Å². The van der Waals surface area contributed by atoms with E-state index in [1.165, 1.54) is 0 Å². The molecule has 6 heteroatoms. The fourth-order valence-electron chi connectivity index (χ4n) is 1.78. The van der Waals surface area contributed by atoms with Crippen molar-refractivity contribution in [2.75, 3.05) is 11.9 Å². The minimum Gasteiger partial charge on any atom is -0.479 e. The summed E-state index contributed by atoms with van der Waals surface area (Å²) >= 11 is 16.4. The molecule has 0 bridgehead atoms. The standard InChI is InChI=1S/C16H11Br3ClNO/c1-2-5-22-16-13(18)6-10(7-14(16)19)9-21-11-3-4-12(17)15(20)8-11/h1,3-4,6-8,21H,5,9H2. The van der Waals surface area contributed by atoms with E-state index in [9.17, 15) is 0 Å². The van der Waals surface area contributed by atoms with Gasteiger partial charge in [0.25, 0.3) is 0 Å². The van der Waals surface area contributed by atoms with Crippen molar-refractivity contribution in [1.29, 1.82) is 0 Å². The lowest BCUT2D eigenvalue weighted by Gasteiger charge is -2.12. The lowest BCUT2D eigenvalue weighted by Crippen LogP contribution is -2.01. The van der Waals surface area contributed by atoms with E-state index in [0.717, 1.165) is 24.7 Å². The summed E-state index contributed by atoms with van der Waals surface area (Å²) in [5.74, 6) is 3.15. The topological polar surface area (TPSA) is 21.3 Å². The van der Waals surface area contributed by atoms with Crippen molar-refractivity contribution >= 4 is 65.1 Å². The predicted octanol–water partition coefficient (Wildman–Crippen LogP) is 6.25. The molecule has 0 saturated heterocycles. The largest absolute Gasteiger partial charge is 0.479 e. The number of halogens is 4. The summed E-state index contributed by atoms with van der Waals surface area (Å²) in [5, 5.41) is 4.00. The van der Waals surface area contributed by atoms with E-state index >= 15 is 0 Å². The van der Waals surface area contributed by atoms with Crippen LogP contribution in [-0.4, -0.2) is 6.61 Å². The highest BCUT2D eigenvalue weighted by atomic mass is 79.9. The maximum absolute atomic E-state index is 6.08. The first-order valence-corrected chi connectivity index (χ1v) is 9.00. The molecule has 0 heterocycles. The van der Waals surface area contributed by atoms with E-state index in [1.54, 1.807) is 0 Å². The Hall–Kier alpha value is -0.670. The fraction of sp³-hybridized carbons (Fsp3) is 0.125. The number of nitrogens with one attached hydrogen (secondary N) is 1. The first kappa shape index (κ1) is 17.7. The number of anilines is 1. The SMILES string of the molecule is C#CCOc1c(Br)cc(CNc2ccc(Br)c(Cl)c2)cc1Br. The van der Waals surface area contributed by atoms with Gasteiger partial charge in [-0.25, -0.2) is 0 Å². The van der Waals surface area contributed by atoms with Gasteiger partial charge >= 0.3 is 0 Å². The van der Waals surface area contributed by atoms with Gasteiger partial charge < -0.3 is 10.1 Å². The summed E-state index contributed by atoms with van der Waals surface area (Å²) in [6, 6.07) is 9.73. The summed E-state index contributed by atoms with van der Waals surface area (Å²) in [6.07, 6.45) is 5.21. The quantitative estimate of drug-likeness (QED) is 0.482. The molecular weight excluding hydrogens is 497 g/mol. The second kappa shape index (κ2) is 8.26. The Morgan fingerprint density at radius 3 is 2.36 bits per heavy atom. The third-order valence-electron chi connectivity index (χ3n) is 2.77. The maximum Gasteiger partial charge on any atom is 0.149 e. The van der Waals surface area contributed by atoms with Crippen LogP contribution >= 0.6 is 59.4 Å². The molecule has 2 aromatic carbocycles. The number of hydrogen-bond donors (Lipinski definition) is 1. The monoisotopic (exact) mass is 505 g/mol. The molecule has 2 aromatic rings.